The third-order valence-electron chi connectivity index (χ3n) is 3.00. The van der Waals surface area contributed by atoms with Crippen molar-refractivity contribution in [2.75, 3.05) is 0 Å². The van der Waals surface area contributed by atoms with Crippen LogP contribution in [0.3, 0.4) is 0 Å². The molecule has 2 aromatic rings. The number of carbonyl (C=O) groups is 1. The highest BCUT2D eigenvalue weighted by Crippen LogP contribution is 2.28. The number of rotatable bonds is 1. The highest BCUT2D eigenvalue weighted by atomic mass is 16.5. The Bertz CT molecular complexity index is 601. The van der Waals surface area contributed by atoms with Crippen molar-refractivity contribution in [2.24, 2.45) is 12.8 Å². The minimum Gasteiger partial charge on any atom is -0.372 e. The van der Waals surface area contributed by atoms with Crippen molar-refractivity contribution < 1.29 is 9.53 Å². The average Bonchev–Trinajstić information content (AvgIpc) is 2.81. The number of primary amides is 1. The zero-order valence-electron chi connectivity index (χ0n) is 8.86. The number of hydrogen-bond acceptors (Lipinski definition) is 3. The second-order valence-electron chi connectivity index (χ2n) is 3.94. The number of carbonyl (C=O) groups excluding carboxylic acids is 1. The van der Waals surface area contributed by atoms with E-state index in [1.54, 1.807) is 16.8 Å². The van der Waals surface area contributed by atoms with E-state index in [1.165, 1.54) is 0 Å². The molecule has 1 aliphatic heterocycles. The fourth-order valence-corrected chi connectivity index (χ4v) is 2.20. The van der Waals surface area contributed by atoms with E-state index in [4.69, 9.17) is 10.5 Å². The maximum atomic E-state index is 11.2. The van der Waals surface area contributed by atoms with Gasteiger partial charge in [-0.05, 0) is 6.07 Å². The van der Waals surface area contributed by atoms with Gasteiger partial charge in [-0.3, -0.25) is 9.78 Å². The van der Waals surface area contributed by atoms with Gasteiger partial charge in [-0.15, -0.1) is 0 Å². The molecule has 0 fully saturated rings. The SMILES string of the molecule is Cn1c(C(N)=O)cc2ncc3c(c21)COC3. The Labute approximate surface area is 91.8 Å². The molecule has 1 amide bonds. The summed E-state index contributed by atoms with van der Waals surface area (Å²) in [5.74, 6) is -0.437. The zero-order valence-corrected chi connectivity index (χ0v) is 8.86. The van der Waals surface area contributed by atoms with E-state index in [-0.39, 0.29) is 0 Å². The van der Waals surface area contributed by atoms with Crippen LogP contribution < -0.4 is 5.73 Å². The molecule has 0 bridgehead atoms. The summed E-state index contributed by atoms with van der Waals surface area (Å²) in [4.78, 5) is 15.5. The highest BCUT2D eigenvalue weighted by molar-refractivity contribution is 5.97. The number of nitrogens with two attached hydrogens (primary N) is 1. The lowest BCUT2D eigenvalue weighted by Gasteiger charge is -2.03. The third kappa shape index (κ3) is 1.09. The summed E-state index contributed by atoms with van der Waals surface area (Å²) < 4.78 is 7.17. The minimum atomic E-state index is -0.437. The normalized spacial score (nSPS) is 14.3. The molecule has 0 aliphatic carbocycles. The van der Waals surface area contributed by atoms with Gasteiger partial charge in [0.1, 0.15) is 5.69 Å². The number of aryl methyl sites for hydroxylation is 1. The monoisotopic (exact) mass is 217 g/mol. The largest absolute Gasteiger partial charge is 0.372 e. The third-order valence-corrected chi connectivity index (χ3v) is 3.00. The molecule has 0 spiro atoms. The molecular formula is C11H11N3O2. The number of aromatic nitrogens is 2. The summed E-state index contributed by atoms with van der Waals surface area (Å²) >= 11 is 0. The lowest BCUT2D eigenvalue weighted by Crippen LogP contribution is -2.15. The van der Waals surface area contributed by atoms with E-state index in [1.807, 2.05) is 7.05 Å². The van der Waals surface area contributed by atoms with Crippen LogP contribution in [0.25, 0.3) is 11.0 Å². The summed E-state index contributed by atoms with van der Waals surface area (Å²) in [6.45, 7) is 1.17. The summed E-state index contributed by atoms with van der Waals surface area (Å²) in [5.41, 5.74) is 9.72. The zero-order chi connectivity index (χ0) is 11.3. The predicted molar refractivity (Wildman–Crippen MR) is 57.7 cm³/mol. The summed E-state index contributed by atoms with van der Waals surface area (Å²) in [6.07, 6.45) is 1.80. The maximum absolute atomic E-state index is 11.2. The quantitative estimate of drug-likeness (QED) is 0.764. The van der Waals surface area contributed by atoms with Crippen LogP contribution in [0.1, 0.15) is 21.6 Å². The van der Waals surface area contributed by atoms with Crippen LogP contribution in [0.2, 0.25) is 0 Å². The van der Waals surface area contributed by atoms with Crippen molar-refractivity contribution in [3.05, 3.63) is 29.1 Å². The first-order valence-corrected chi connectivity index (χ1v) is 5.02. The molecule has 5 nitrogen and oxygen atoms in total. The molecule has 0 saturated heterocycles. The Morgan fingerprint density at radius 1 is 1.56 bits per heavy atom. The van der Waals surface area contributed by atoms with Gasteiger partial charge >= 0.3 is 0 Å². The van der Waals surface area contributed by atoms with E-state index in [0.29, 0.717) is 18.9 Å². The molecule has 3 heterocycles. The van der Waals surface area contributed by atoms with Crippen LogP contribution in [0.4, 0.5) is 0 Å². The van der Waals surface area contributed by atoms with Crippen LogP contribution in [-0.4, -0.2) is 15.5 Å². The second-order valence-corrected chi connectivity index (χ2v) is 3.94. The standard InChI is InChI=1S/C11H11N3O2/c1-14-9(11(12)15)2-8-10(14)7-5-16-4-6(7)3-13-8/h2-3H,4-5H2,1H3,(H2,12,15). The van der Waals surface area contributed by atoms with E-state index in [0.717, 1.165) is 22.2 Å². The molecule has 0 radical (unpaired) electrons. The van der Waals surface area contributed by atoms with E-state index < -0.39 is 5.91 Å². The van der Waals surface area contributed by atoms with E-state index >= 15 is 0 Å². The van der Waals surface area contributed by atoms with E-state index in [2.05, 4.69) is 4.98 Å². The van der Waals surface area contributed by atoms with Crippen molar-refractivity contribution in [3.63, 3.8) is 0 Å². The van der Waals surface area contributed by atoms with E-state index in [9.17, 15) is 4.79 Å². The number of ether oxygens (including phenoxy) is 1. The van der Waals surface area contributed by atoms with Crippen molar-refractivity contribution in [1.29, 1.82) is 0 Å². The summed E-state index contributed by atoms with van der Waals surface area (Å²) in [5, 5.41) is 0. The number of nitrogens with zero attached hydrogens (tertiary/aromatic N) is 2. The molecule has 82 valence electrons. The van der Waals surface area contributed by atoms with Crippen LogP contribution in [0, 0.1) is 0 Å². The second kappa shape index (κ2) is 3.05. The maximum Gasteiger partial charge on any atom is 0.265 e. The Balaban J connectivity index is 2.39. The van der Waals surface area contributed by atoms with Gasteiger partial charge in [-0.25, -0.2) is 0 Å². The van der Waals surface area contributed by atoms with Crippen LogP contribution in [0.15, 0.2) is 12.3 Å². The lowest BCUT2D eigenvalue weighted by molar-refractivity contribution is 0.0993. The molecule has 3 rings (SSSR count). The van der Waals surface area contributed by atoms with Crippen molar-refractivity contribution in [3.8, 4) is 0 Å². The number of fused-ring (bicyclic) bond motifs is 3. The van der Waals surface area contributed by atoms with Gasteiger partial charge in [0.2, 0.25) is 0 Å². The Morgan fingerprint density at radius 2 is 2.38 bits per heavy atom. The number of hydrogen-bond donors (Lipinski definition) is 1. The minimum absolute atomic E-state index is 0.437. The van der Waals surface area contributed by atoms with Gasteiger partial charge in [-0.2, -0.15) is 0 Å². The van der Waals surface area contributed by atoms with Crippen molar-refractivity contribution in [2.45, 2.75) is 13.2 Å². The highest BCUT2D eigenvalue weighted by Gasteiger charge is 2.20. The molecule has 5 heteroatoms. The molecule has 0 saturated carbocycles. The van der Waals surface area contributed by atoms with Gasteiger partial charge in [0.25, 0.3) is 5.91 Å². The molecule has 1 aliphatic rings. The summed E-state index contributed by atoms with van der Waals surface area (Å²) in [6, 6.07) is 1.72. The van der Waals surface area contributed by atoms with Crippen LogP contribution >= 0.6 is 0 Å². The molecule has 0 unspecified atom stereocenters. The first kappa shape index (κ1) is 9.35. The Kier molecular flexibility index (Phi) is 1.79. The molecule has 0 atom stereocenters. The smallest absolute Gasteiger partial charge is 0.265 e. The predicted octanol–water partition coefficient (Wildman–Crippen LogP) is 0.702. The van der Waals surface area contributed by atoms with Gasteiger partial charge in [-0.1, -0.05) is 0 Å². The summed E-state index contributed by atoms with van der Waals surface area (Å²) in [7, 11) is 1.82. The molecule has 2 N–H and O–H groups in total. The average molecular weight is 217 g/mol. The van der Waals surface area contributed by atoms with Gasteiger partial charge in [0, 0.05) is 24.4 Å². The van der Waals surface area contributed by atoms with Crippen LogP contribution in [-0.2, 0) is 25.0 Å². The van der Waals surface area contributed by atoms with Crippen LogP contribution in [0.5, 0.6) is 0 Å². The molecule has 2 aromatic heterocycles. The van der Waals surface area contributed by atoms with Gasteiger partial charge in [0.05, 0.1) is 24.2 Å². The first-order valence-electron chi connectivity index (χ1n) is 5.02. The molecular weight excluding hydrogens is 206 g/mol. The topological polar surface area (TPSA) is 70.1 Å². The Morgan fingerprint density at radius 3 is 3.12 bits per heavy atom. The van der Waals surface area contributed by atoms with Gasteiger partial charge < -0.3 is 15.0 Å². The fourth-order valence-electron chi connectivity index (χ4n) is 2.20. The Hall–Kier alpha value is -1.88. The fraction of sp³-hybridized carbons (Fsp3) is 0.273. The van der Waals surface area contributed by atoms with Gasteiger partial charge in [0.15, 0.2) is 0 Å². The first-order chi connectivity index (χ1) is 7.68. The molecule has 0 aromatic carbocycles. The van der Waals surface area contributed by atoms with Crippen molar-refractivity contribution in [1.82, 2.24) is 9.55 Å². The number of amides is 1. The molecule has 16 heavy (non-hydrogen) atoms. The van der Waals surface area contributed by atoms with Crippen molar-refractivity contribution >= 4 is 16.9 Å². The lowest BCUT2D eigenvalue weighted by atomic mass is 10.1. The number of pyridine rings is 1.